The lowest BCUT2D eigenvalue weighted by molar-refractivity contribution is 0.0343. The van der Waals surface area contributed by atoms with Crippen molar-refractivity contribution in [3.63, 3.8) is 0 Å². The van der Waals surface area contributed by atoms with Crippen molar-refractivity contribution in [2.45, 2.75) is 20.4 Å². The minimum atomic E-state index is -0.113. The number of methoxy groups -OCH3 is 1. The van der Waals surface area contributed by atoms with Crippen LogP contribution in [0.25, 0.3) is 10.2 Å². The summed E-state index contributed by atoms with van der Waals surface area (Å²) in [7, 11) is 1.64. The highest BCUT2D eigenvalue weighted by Crippen LogP contribution is 2.32. The first kappa shape index (κ1) is 19.0. The SMILES string of the molecule is COc1ccc(NC(=O)c2[nH]c3cc(C)sc3c2CN2CCOCC2)c(C)c1. The molecule has 4 rings (SSSR count). The second-order valence-electron chi connectivity index (χ2n) is 7.10. The number of nitrogens with zero attached hydrogens (tertiary/aromatic N) is 1. The van der Waals surface area contributed by atoms with Crippen molar-refractivity contribution >= 4 is 33.1 Å². The molecule has 7 heteroatoms. The highest BCUT2D eigenvalue weighted by Gasteiger charge is 2.23. The first-order valence-electron chi connectivity index (χ1n) is 9.42. The van der Waals surface area contributed by atoms with Crippen LogP contribution >= 0.6 is 11.3 Å². The predicted octanol–water partition coefficient (Wildman–Crippen LogP) is 3.94. The molecule has 1 saturated heterocycles. The third-order valence-electron chi connectivity index (χ3n) is 5.09. The molecule has 0 spiro atoms. The first-order valence-corrected chi connectivity index (χ1v) is 10.2. The molecule has 0 atom stereocenters. The Balaban J connectivity index is 1.64. The van der Waals surface area contributed by atoms with E-state index in [4.69, 9.17) is 9.47 Å². The number of ether oxygens (including phenoxy) is 2. The largest absolute Gasteiger partial charge is 0.497 e. The summed E-state index contributed by atoms with van der Waals surface area (Å²) >= 11 is 1.73. The minimum absolute atomic E-state index is 0.113. The van der Waals surface area contributed by atoms with Gasteiger partial charge in [-0.3, -0.25) is 9.69 Å². The van der Waals surface area contributed by atoms with Gasteiger partial charge in [0.2, 0.25) is 0 Å². The molecule has 28 heavy (non-hydrogen) atoms. The molecule has 1 aromatic carbocycles. The number of aromatic amines is 1. The van der Waals surface area contributed by atoms with Crippen molar-refractivity contribution in [2.75, 3.05) is 38.7 Å². The van der Waals surface area contributed by atoms with Gasteiger partial charge >= 0.3 is 0 Å². The number of benzene rings is 1. The van der Waals surface area contributed by atoms with E-state index in [0.717, 1.165) is 60.9 Å². The molecule has 1 amide bonds. The van der Waals surface area contributed by atoms with E-state index in [2.05, 4.69) is 28.2 Å². The number of nitrogens with one attached hydrogen (secondary N) is 2. The maximum Gasteiger partial charge on any atom is 0.272 e. The van der Waals surface area contributed by atoms with Gasteiger partial charge < -0.3 is 19.8 Å². The molecule has 0 saturated carbocycles. The smallest absolute Gasteiger partial charge is 0.272 e. The van der Waals surface area contributed by atoms with E-state index in [-0.39, 0.29) is 5.91 Å². The zero-order chi connectivity index (χ0) is 19.7. The summed E-state index contributed by atoms with van der Waals surface area (Å²) in [6.07, 6.45) is 0. The number of aromatic nitrogens is 1. The summed E-state index contributed by atoms with van der Waals surface area (Å²) < 4.78 is 11.9. The molecule has 148 valence electrons. The van der Waals surface area contributed by atoms with E-state index in [9.17, 15) is 4.79 Å². The lowest BCUT2D eigenvalue weighted by atomic mass is 10.1. The van der Waals surface area contributed by atoms with Gasteiger partial charge in [0.25, 0.3) is 5.91 Å². The van der Waals surface area contributed by atoms with E-state index in [1.165, 1.54) is 9.58 Å². The summed E-state index contributed by atoms with van der Waals surface area (Å²) in [5, 5.41) is 3.06. The highest BCUT2D eigenvalue weighted by molar-refractivity contribution is 7.19. The lowest BCUT2D eigenvalue weighted by Gasteiger charge is -2.26. The Morgan fingerprint density at radius 1 is 1.29 bits per heavy atom. The van der Waals surface area contributed by atoms with Gasteiger partial charge in [0, 0.05) is 35.8 Å². The molecule has 0 bridgehead atoms. The van der Waals surface area contributed by atoms with Gasteiger partial charge in [-0.05, 0) is 43.7 Å². The Kier molecular flexibility index (Phi) is 5.39. The van der Waals surface area contributed by atoms with Crippen molar-refractivity contribution in [3.8, 4) is 5.75 Å². The maximum atomic E-state index is 13.1. The number of morpholine rings is 1. The number of hydrogen-bond donors (Lipinski definition) is 2. The number of hydrogen-bond acceptors (Lipinski definition) is 5. The van der Waals surface area contributed by atoms with Crippen LogP contribution in [0.3, 0.4) is 0 Å². The van der Waals surface area contributed by atoms with Crippen molar-refractivity contribution in [3.05, 3.63) is 46.0 Å². The zero-order valence-corrected chi connectivity index (χ0v) is 17.2. The van der Waals surface area contributed by atoms with E-state index >= 15 is 0 Å². The summed E-state index contributed by atoms with van der Waals surface area (Å²) in [5.41, 5.74) is 4.49. The van der Waals surface area contributed by atoms with Crippen LogP contribution in [0.4, 0.5) is 5.69 Å². The Morgan fingerprint density at radius 2 is 2.07 bits per heavy atom. The topological polar surface area (TPSA) is 66.6 Å². The van der Waals surface area contributed by atoms with Gasteiger partial charge in [-0.1, -0.05) is 0 Å². The van der Waals surface area contributed by atoms with Crippen LogP contribution in [0.2, 0.25) is 0 Å². The lowest BCUT2D eigenvalue weighted by Crippen LogP contribution is -2.36. The quantitative estimate of drug-likeness (QED) is 0.682. The number of rotatable bonds is 5. The molecule has 3 heterocycles. The average molecular weight is 400 g/mol. The van der Waals surface area contributed by atoms with Gasteiger partial charge in [-0.15, -0.1) is 11.3 Å². The Morgan fingerprint density at radius 3 is 2.79 bits per heavy atom. The van der Waals surface area contributed by atoms with Crippen LogP contribution in [0.1, 0.15) is 26.5 Å². The fourth-order valence-electron chi connectivity index (χ4n) is 3.57. The predicted molar refractivity (Wildman–Crippen MR) is 113 cm³/mol. The number of amides is 1. The Hall–Kier alpha value is -2.35. The van der Waals surface area contributed by atoms with Crippen LogP contribution < -0.4 is 10.1 Å². The van der Waals surface area contributed by atoms with E-state index < -0.39 is 0 Å². The number of fused-ring (bicyclic) bond motifs is 1. The highest BCUT2D eigenvalue weighted by atomic mass is 32.1. The van der Waals surface area contributed by atoms with Gasteiger partial charge in [-0.2, -0.15) is 0 Å². The molecule has 2 N–H and O–H groups in total. The maximum absolute atomic E-state index is 13.1. The minimum Gasteiger partial charge on any atom is -0.497 e. The molecule has 6 nitrogen and oxygen atoms in total. The average Bonchev–Trinajstić information content (AvgIpc) is 3.21. The fourth-order valence-corrected chi connectivity index (χ4v) is 4.58. The summed E-state index contributed by atoms with van der Waals surface area (Å²) in [6, 6.07) is 7.76. The molecule has 1 fully saturated rings. The summed E-state index contributed by atoms with van der Waals surface area (Å²) in [5.74, 6) is 0.664. The summed E-state index contributed by atoms with van der Waals surface area (Å²) in [6.45, 7) is 8.05. The van der Waals surface area contributed by atoms with Crippen LogP contribution in [0.15, 0.2) is 24.3 Å². The molecule has 3 aromatic rings. The van der Waals surface area contributed by atoms with E-state index in [0.29, 0.717) is 5.69 Å². The molecule has 0 radical (unpaired) electrons. The second-order valence-corrected chi connectivity index (χ2v) is 8.36. The fraction of sp³-hybridized carbons (Fsp3) is 0.381. The number of thiophene rings is 1. The first-order chi connectivity index (χ1) is 13.5. The zero-order valence-electron chi connectivity index (χ0n) is 16.4. The van der Waals surface area contributed by atoms with Crippen molar-refractivity contribution in [1.82, 2.24) is 9.88 Å². The molecular weight excluding hydrogens is 374 g/mol. The van der Waals surface area contributed by atoms with Crippen molar-refractivity contribution in [2.24, 2.45) is 0 Å². The second kappa shape index (κ2) is 7.95. The van der Waals surface area contributed by atoms with Crippen LogP contribution in [0.5, 0.6) is 5.75 Å². The number of carbonyl (C=O) groups is 1. The molecular formula is C21H25N3O3S. The molecule has 2 aromatic heterocycles. The monoisotopic (exact) mass is 399 g/mol. The Labute approximate surface area is 168 Å². The summed E-state index contributed by atoms with van der Waals surface area (Å²) in [4.78, 5) is 20.1. The molecule has 0 unspecified atom stereocenters. The number of H-pyrrole nitrogens is 1. The van der Waals surface area contributed by atoms with Crippen LogP contribution in [0, 0.1) is 13.8 Å². The third-order valence-corrected chi connectivity index (χ3v) is 6.20. The van der Waals surface area contributed by atoms with Crippen LogP contribution in [-0.4, -0.2) is 49.2 Å². The third kappa shape index (κ3) is 3.78. The van der Waals surface area contributed by atoms with Gasteiger partial charge in [-0.25, -0.2) is 0 Å². The molecule has 1 aliphatic heterocycles. The number of anilines is 1. The molecule has 0 aliphatic carbocycles. The van der Waals surface area contributed by atoms with E-state index in [1.807, 2.05) is 25.1 Å². The standard InChI is InChI=1S/C21H25N3O3S/c1-13-10-15(26-3)4-5-17(13)23-21(25)19-16(12-24-6-8-27-9-7-24)20-18(22-19)11-14(2)28-20/h4-5,10-11,22H,6-9,12H2,1-3H3,(H,23,25). The normalized spacial score (nSPS) is 15.1. The van der Waals surface area contributed by atoms with Gasteiger partial charge in [0.1, 0.15) is 11.4 Å². The van der Waals surface area contributed by atoms with Gasteiger partial charge in [0.05, 0.1) is 30.5 Å². The Bertz CT molecular complexity index is 1000. The van der Waals surface area contributed by atoms with Crippen LogP contribution in [-0.2, 0) is 11.3 Å². The van der Waals surface area contributed by atoms with E-state index in [1.54, 1.807) is 18.4 Å². The number of carbonyl (C=O) groups excluding carboxylic acids is 1. The van der Waals surface area contributed by atoms with Gasteiger partial charge in [0.15, 0.2) is 0 Å². The van der Waals surface area contributed by atoms with Crippen molar-refractivity contribution in [1.29, 1.82) is 0 Å². The number of aryl methyl sites for hydroxylation is 2. The van der Waals surface area contributed by atoms with Crippen molar-refractivity contribution < 1.29 is 14.3 Å². The molecule has 1 aliphatic rings.